The first-order valence-corrected chi connectivity index (χ1v) is 11.4. The van der Waals surface area contributed by atoms with Crippen LogP contribution in [0.1, 0.15) is 18.5 Å². The van der Waals surface area contributed by atoms with Gasteiger partial charge in [-0.1, -0.05) is 45.7 Å². The average molecular weight is 487 g/mol. The summed E-state index contributed by atoms with van der Waals surface area (Å²) < 4.78 is 27.9. The zero-order valence-electron chi connectivity index (χ0n) is 15.3. The summed E-state index contributed by atoms with van der Waals surface area (Å²) in [5.74, 6) is 0. The third kappa shape index (κ3) is 4.86. The minimum absolute atomic E-state index is 0.145. The lowest BCUT2D eigenvalue weighted by Gasteiger charge is -2.34. The monoisotopic (exact) mass is 485 g/mol. The zero-order valence-corrected chi connectivity index (χ0v) is 18.5. The fourth-order valence-electron chi connectivity index (χ4n) is 3.02. The Morgan fingerprint density at radius 3 is 2.36 bits per heavy atom. The third-order valence-electron chi connectivity index (χ3n) is 4.67. The van der Waals surface area contributed by atoms with Crippen LogP contribution in [0.5, 0.6) is 0 Å². The van der Waals surface area contributed by atoms with Gasteiger partial charge in [-0.2, -0.15) is 4.31 Å². The Bertz CT molecular complexity index is 945. The van der Waals surface area contributed by atoms with Gasteiger partial charge in [-0.25, -0.2) is 13.2 Å². The summed E-state index contributed by atoms with van der Waals surface area (Å²) in [5.41, 5.74) is 0.999. The highest BCUT2D eigenvalue weighted by Gasteiger charge is 2.30. The van der Waals surface area contributed by atoms with E-state index < -0.39 is 10.0 Å². The van der Waals surface area contributed by atoms with E-state index in [4.69, 9.17) is 11.6 Å². The fraction of sp³-hybridized carbons (Fsp3) is 0.316. The molecular weight excluding hydrogens is 466 g/mol. The summed E-state index contributed by atoms with van der Waals surface area (Å²) in [4.78, 5) is 14.3. The highest BCUT2D eigenvalue weighted by atomic mass is 79.9. The van der Waals surface area contributed by atoms with Gasteiger partial charge in [-0.3, -0.25) is 0 Å². The Morgan fingerprint density at radius 2 is 1.75 bits per heavy atom. The molecule has 0 bridgehead atoms. The summed E-state index contributed by atoms with van der Waals surface area (Å²) >= 11 is 9.31. The van der Waals surface area contributed by atoms with E-state index in [0.717, 1.165) is 10.0 Å². The van der Waals surface area contributed by atoms with Crippen molar-refractivity contribution < 1.29 is 13.2 Å². The molecule has 2 aromatic rings. The second kappa shape index (κ2) is 8.82. The van der Waals surface area contributed by atoms with Crippen molar-refractivity contribution >= 4 is 43.6 Å². The normalized spacial score (nSPS) is 16.6. The molecule has 0 aliphatic carbocycles. The Balaban J connectivity index is 1.58. The van der Waals surface area contributed by atoms with Crippen LogP contribution in [0.15, 0.2) is 57.9 Å². The smallest absolute Gasteiger partial charge is 0.317 e. The molecule has 0 spiro atoms. The minimum Gasteiger partial charge on any atom is -0.331 e. The standard InChI is InChI=1S/C19H21BrClN3O3S/c1-14(15-5-7-16(20)8-6-15)22-19(25)23-9-11-24(12-10-23)28(26,27)18-4-2-3-17(21)13-18/h2-8,13-14H,9-12H2,1H3,(H,22,25). The number of rotatable bonds is 4. The number of nitrogens with zero attached hydrogens (tertiary/aromatic N) is 2. The van der Waals surface area contributed by atoms with Gasteiger partial charge < -0.3 is 10.2 Å². The summed E-state index contributed by atoms with van der Waals surface area (Å²) in [6.07, 6.45) is 0. The Morgan fingerprint density at radius 1 is 1.11 bits per heavy atom. The number of halogens is 2. The van der Waals surface area contributed by atoms with E-state index in [0.29, 0.717) is 18.1 Å². The molecule has 0 aromatic heterocycles. The van der Waals surface area contributed by atoms with Gasteiger partial charge in [0, 0.05) is 35.7 Å². The fourth-order valence-corrected chi connectivity index (χ4v) is 5.01. The second-order valence-electron chi connectivity index (χ2n) is 6.57. The van der Waals surface area contributed by atoms with Gasteiger partial charge in [0.15, 0.2) is 0 Å². The predicted molar refractivity (Wildman–Crippen MR) is 113 cm³/mol. The van der Waals surface area contributed by atoms with Gasteiger partial charge in [-0.15, -0.1) is 0 Å². The van der Waals surface area contributed by atoms with Crippen LogP contribution >= 0.6 is 27.5 Å². The van der Waals surface area contributed by atoms with E-state index >= 15 is 0 Å². The average Bonchev–Trinajstić information content (AvgIpc) is 2.68. The number of carbonyl (C=O) groups excluding carboxylic acids is 1. The van der Waals surface area contributed by atoms with Gasteiger partial charge in [0.1, 0.15) is 0 Å². The first-order valence-electron chi connectivity index (χ1n) is 8.84. The van der Waals surface area contributed by atoms with Gasteiger partial charge in [0.2, 0.25) is 10.0 Å². The van der Waals surface area contributed by atoms with E-state index in [9.17, 15) is 13.2 Å². The number of sulfonamides is 1. The van der Waals surface area contributed by atoms with E-state index in [1.807, 2.05) is 31.2 Å². The van der Waals surface area contributed by atoms with Crippen molar-refractivity contribution in [1.82, 2.24) is 14.5 Å². The molecule has 1 heterocycles. The lowest BCUT2D eigenvalue weighted by atomic mass is 10.1. The lowest BCUT2D eigenvalue weighted by Crippen LogP contribution is -2.53. The van der Waals surface area contributed by atoms with Crippen molar-refractivity contribution in [3.8, 4) is 0 Å². The van der Waals surface area contributed by atoms with E-state index in [1.165, 1.54) is 16.4 Å². The molecule has 1 fully saturated rings. The van der Waals surface area contributed by atoms with Crippen LogP contribution in [-0.4, -0.2) is 49.8 Å². The quantitative estimate of drug-likeness (QED) is 0.713. The van der Waals surface area contributed by atoms with Gasteiger partial charge in [-0.05, 0) is 42.8 Å². The van der Waals surface area contributed by atoms with Crippen molar-refractivity contribution in [3.05, 3.63) is 63.6 Å². The first-order chi connectivity index (χ1) is 13.3. The molecule has 3 rings (SSSR count). The molecule has 0 saturated carbocycles. The van der Waals surface area contributed by atoms with Crippen molar-refractivity contribution in [2.45, 2.75) is 17.9 Å². The summed E-state index contributed by atoms with van der Waals surface area (Å²) in [6, 6.07) is 13.6. The number of nitrogens with one attached hydrogen (secondary N) is 1. The highest BCUT2D eigenvalue weighted by Crippen LogP contribution is 2.21. The molecule has 150 valence electrons. The number of urea groups is 1. The number of amides is 2. The number of benzene rings is 2. The van der Waals surface area contributed by atoms with Crippen molar-refractivity contribution in [1.29, 1.82) is 0 Å². The molecule has 1 aliphatic rings. The lowest BCUT2D eigenvalue weighted by molar-refractivity contribution is 0.169. The summed E-state index contributed by atoms with van der Waals surface area (Å²) in [6.45, 7) is 3.07. The van der Waals surface area contributed by atoms with Gasteiger partial charge in [0.05, 0.1) is 10.9 Å². The van der Waals surface area contributed by atoms with Crippen molar-refractivity contribution in [2.75, 3.05) is 26.2 Å². The summed E-state index contributed by atoms with van der Waals surface area (Å²) in [7, 11) is -3.62. The topological polar surface area (TPSA) is 69.7 Å². The molecule has 9 heteroatoms. The molecule has 2 amide bonds. The van der Waals surface area contributed by atoms with Crippen molar-refractivity contribution in [2.24, 2.45) is 0 Å². The highest BCUT2D eigenvalue weighted by molar-refractivity contribution is 9.10. The van der Waals surface area contributed by atoms with Crippen LogP contribution in [0.3, 0.4) is 0 Å². The number of carbonyl (C=O) groups is 1. The van der Waals surface area contributed by atoms with E-state index in [1.54, 1.807) is 17.0 Å². The number of piperazine rings is 1. The Hall–Kier alpha value is -1.61. The maximum atomic E-state index is 12.8. The molecule has 1 aliphatic heterocycles. The predicted octanol–water partition coefficient (Wildman–Crippen LogP) is 3.88. The molecule has 1 N–H and O–H groups in total. The van der Waals surface area contributed by atoms with Crippen molar-refractivity contribution in [3.63, 3.8) is 0 Å². The van der Waals surface area contributed by atoms with Crippen LogP contribution in [0.4, 0.5) is 4.79 Å². The number of hydrogen-bond acceptors (Lipinski definition) is 3. The van der Waals surface area contributed by atoms with Crippen LogP contribution in [0, 0.1) is 0 Å². The molecule has 0 radical (unpaired) electrons. The van der Waals surface area contributed by atoms with Crippen LogP contribution in [0.2, 0.25) is 5.02 Å². The maximum Gasteiger partial charge on any atom is 0.317 e. The van der Waals surface area contributed by atoms with Crippen LogP contribution < -0.4 is 5.32 Å². The zero-order chi connectivity index (χ0) is 20.3. The molecule has 1 unspecified atom stereocenters. The van der Waals surface area contributed by atoms with Crippen LogP contribution in [0.25, 0.3) is 0 Å². The van der Waals surface area contributed by atoms with Crippen LogP contribution in [-0.2, 0) is 10.0 Å². The van der Waals surface area contributed by atoms with Gasteiger partial charge >= 0.3 is 6.03 Å². The largest absolute Gasteiger partial charge is 0.331 e. The number of hydrogen-bond donors (Lipinski definition) is 1. The molecule has 2 aromatic carbocycles. The third-order valence-corrected chi connectivity index (χ3v) is 7.33. The molecular formula is C19H21BrClN3O3S. The Kier molecular flexibility index (Phi) is 6.65. The molecule has 28 heavy (non-hydrogen) atoms. The van der Waals surface area contributed by atoms with Gasteiger partial charge in [0.25, 0.3) is 0 Å². The van der Waals surface area contributed by atoms with E-state index in [2.05, 4.69) is 21.2 Å². The molecule has 1 saturated heterocycles. The molecule has 1 atom stereocenters. The maximum absolute atomic E-state index is 12.8. The minimum atomic E-state index is -3.62. The first kappa shape index (κ1) is 21.1. The van der Waals surface area contributed by atoms with E-state index in [-0.39, 0.29) is 30.1 Å². The second-order valence-corrected chi connectivity index (χ2v) is 9.86. The summed E-state index contributed by atoms with van der Waals surface area (Å²) in [5, 5.41) is 3.34. The molecule has 6 nitrogen and oxygen atoms in total. The Labute approximate surface area is 178 Å². The SMILES string of the molecule is CC(NC(=O)N1CCN(S(=O)(=O)c2cccc(Cl)c2)CC1)c1ccc(Br)cc1.